The topological polar surface area (TPSA) is 59.1 Å². The highest BCUT2D eigenvalue weighted by molar-refractivity contribution is 7.89. The molecule has 0 saturated heterocycles. The van der Waals surface area contributed by atoms with Gasteiger partial charge in [-0.3, -0.25) is 0 Å². The van der Waals surface area contributed by atoms with Crippen LogP contribution in [-0.4, -0.2) is 13.4 Å². The van der Waals surface area contributed by atoms with Crippen LogP contribution in [0.3, 0.4) is 0 Å². The largest absolute Gasteiger partial charge is 0.350 e. The molecule has 0 amide bonds. The van der Waals surface area contributed by atoms with E-state index in [4.69, 9.17) is 0 Å². The Bertz CT molecular complexity index is 1080. The molecule has 146 valence electrons. The molecule has 0 spiro atoms. The number of sulfone groups is 1. The van der Waals surface area contributed by atoms with Crippen molar-refractivity contribution < 1.29 is 26.0 Å². The number of hydrogen-bond acceptors (Lipinski definition) is 4. The maximum Gasteiger partial charge on any atom is 0.253 e. The summed E-state index contributed by atoms with van der Waals surface area (Å²) in [5.74, 6) is -7.43. The van der Waals surface area contributed by atoms with E-state index in [0.29, 0.717) is 11.1 Å². The molecule has 0 radical (unpaired) electrons. The molecular weight excluding hydrogens is 396 g/mol. The van der Waals surface area contributed by atoms with Gasteiger partial charge in [0.2, 0.25) is 11.6 Å². The van der Waals surface area contributed by atoms with E-state index >= 15 is 0 Å². The van der Waals surface area contributed by atoms with E-state index in [9.17, 15) is 26.0 Å². The summed E-state index contributed by atoms with van der Waals surface area (Å²) in [5, 5.41) is 2.23. The molecule has 0 saturated carbocycles. The summed E-state index contributed by atoms with van der Waals surface area (Å²) in [6.07, 6.45) is 0. The first kappa shape index (κ1) is 19.8. The van der Waals surface area contributed by atoms with Gasteiger partial charge in [-0.15, -0.1) is 0 Å². The Balaban J connectivity index is 1.82. The predicted molar refractivity (Wildman–Crippen MR) is 96.6 cm³/mol. The lowest BCUT2D eigenvalue weighted by Crippen LogP contribution is -2.08. The summed E-state index contributed by atoms with van der Waals surface area (Å²) in [6.45, 7) is 0. The number of nitrogens with one attached hydrogen (secondary N) is 1. The Hall–Kier alpha value is -2.94. The van der Waals surface area contributed by atoms with Crippen LogP contribution < -0.4 is 5.32 Å². The second kappa shape index (κ2) is 7.97. The second-order valence-corrected chi connectivity index (χ2v) is 8.10. The number of anilines is 2. The number of benzene rings is 2. The quantitative estimate of drug-likeness (QED) is 0.480. The van der Waals surface area contributed by atoms with Crippen molar-refractivity contribution in [3.8, 4) is 0 Å². The third-order valence-electron chi connectivity index (χ3n) is 3.81. The molecule has 3 rings (SSSR count). The number of nitrogens with zero attached hydrogens (tertiary/aromatic N) is 1. The van der Waals surface area contributed by atoms with Gasteiger partial charge in [-0.2, -0.15) is 22.5 Å². The zero-order chi connectivity index (χ0) is 20.3. The van der Waals surface area contributed by atoms with E-state index < -0.39 is 39.1 Å². The van der Waals surface area contributed by atoms with Gasteiger partial charge in [0.15, 0.2) is 9.84 Å². The molecule has 0 aliphatic rings. The van der Waals surface area contributed by atoms with Crippen molar-refractivity contribution in [2.24, 2.45) is 0 Å². The van der Waals surface area contributed by atoms with Crippen molar-refractivity contribution in [1.82, 2.24) is 4.98 Å². The Morgan fingerprint density at radius 2 is 1.36 bits per heavy atom. The van der Waals surface area contributed by atoms with Crippen molar-refractivity contribution in [2.75, 3.05) is 5.32 Å². The summed E-state index contributed by atoms with van der Waals surface area (Å²) < 4.78 is 78.7. The summed E-state index contributed by atoms with van der Waals surface area (Å²) in [6, 6.07) is 14.3. The van der Waals surface area contributed by atoms with Gasteiger partial charge in [-0.25, -0.2) is 8.42 Å². The van der Waals surface area contributed by atoms with Crippen LogP contribution in [0.15, 0.2) is 54.6 Å². The lowest BCUT2D eigenvalue weighted by Gasteiger charge is -2.11. The summed E-state index contributed by atoms with van der Waals surface area (Å²) >= 11 is 0. The molecular formula is C19H14F4N2O2S. The number of pyridine rings is 1. The minimum atomic E-state index is -3.51. The van der Waals surface area contributed by atoms with Crippen LogP contribution in [0.25, 0.3) is 0 Å². The van der Waals surface area contributed by atoms with Crippen LogP contribution in [0.1, 0.15) is 11.1 Å². The SMILES string of the molecule is O=S(=O)(Cc1ccccc1)Cc1cccc(Nc2c(F)c(F)nc(F)c2F)c1. The zero-order valence-corrected chi connectivity index (χ0v) is 15.1. The van der Waals surface area contributed by atoms with Gasteiger partial charge in [0.05, 0.1) is 11.5 Å². The summed E-state index contributed by atoms with van der Waals surface area (Å²) in [5.41, 5.74) is -0.00934. The van der Waals surface area contributed by atoms with Gasteiger partial charge in [-0.1, -0.05) is 42.5 Å². The lowest BCUT2D eigenvalue weighted by molar-refractivity contribution is 0.411. The van der Waals surface area contributed by atoms with E-state index in [-0.39, 0.29) is 17.2 Å². The van der Waals surface area contributed by atoms with Crippen LogP contribution in [0.4, 0.5) is 28.9 Å². The molecule has 1 aromatic heterocycles. The van der Waals surface area contributed by atoms with Gasteiger partial charge >= 0.3 is 0 Å². The molecule has 9 heteroatoms. The molecule has 0 aliphatic carbocycles. The van der Waals surface area contributed by atoms with E-state index in [1.165, 1.54) is 24.3 Å². The molecule has 2 aromatic carbocycles. The van der Waals surface area contributed by atoms with Gasteiger partial charge in [0.1, 0.15) is 5.69 Å². The van der Waals surface area contributed by atoms with Gasteiger partial charge in [-0.05, 0) is 23.3 Å². The summed E-state index contributed by atoms with van der Waals surface area (Å²) in [4.78, 5) is 2.48. The highest BCUT2D eigenvalue weighted by Gasteiger charge is 2.21. The highest BCUT2D eigenvalue weighted by Crippen LogP contribution is 2.26. The van der Waals surface area contributed by atoms with Crippen LogP contribution in [0, 0.1) is 23.5 Å². The molecule has 0 fully saturated rings. The molecule has 0 atom stereocenters. The van der Waals surface area contributed by atoms with Crippen molar-refractivity contribution in [2.45, 2.75) is 11.5 Å². The fourth-order valence-corrected chi connectivity index (χ4v) is 4.10. The Morgan fingerprint density at radius 1 is 0.786 bits per heavy atom. The van der Waals surface area contributed by atoms with Crippen LogP contribution in [0.5, 0.6) is 0 Å². The van der Waals surface area contributed by atoms with E-state index in [1.54, 1.807) is 30.3 Å². The Morgan fingerprint density at radius 3 is 2.00 bits per heavy atom. The van der Waals surface area contributed by atoms with Crippen molar-refractivity contribution >= 4 is 21.2 Å². The molecule has 3 aromatic rings. The van der Waals surface area contributed by atoms with E-state index in [2.05, 4.69) is 10.3 Å². The monoisotopic (exact) mass is 410 g/mol. The maximum absolute atomic E-state index is 13.7. The normalized spacial score (nSPS) is 11.4. The predicted octanol–water partition coefficient (Wildman–Crippen LogP) is 4.50. The van der Waals surface area contributed by atoms with Gasteiger partial charge < -0.3 is 5.32 Å². The fraction of sp³-hybridized carbons (Fsp3) is 0.105. The smallest absolute Gasteiger partial charge is 0.253 e. The molecule has 1 N–H and O–H groups in total. The van der Waals surface area contributed by atoms with Crippen LogP contribution in [-0.2, 0) is 21.3 Å². The number of hydrogen-bond donors (Lipinski definition) is 1. The molecule has 0 bridgehead atoms. The van der Waals surface area contributed by atoms with Gasteiger partial charge in [0, 0.05) is 5.69 Å². The average Bonchev–Trinajstić information content (AvgIpc) is 2.64. The summed E-state index contributed by atoms with van der Waals surface area (Å²) in [7, 11) is -3.51. The number of halogens is 4. The molecule has 28 heavy (non-hydrogen) atoms. The van der Waals surface area contributed by atoms with E-state index in [0.717, 1.165) is 0 Å². The lowest BCUT2D eigenvalue weighted by atomic mass is 10.2. The van der Waals surface area contributed by atoms with Crippen LogP contribution in [0.2, 0.25) is 0 Å². The first-order valence-electron chi connectivity index (χ1n) is 8.05. The van der Waals surface area contributed by atoms with Crippen molar-refractivity contribution in [3.63, 3.8) is 0 Å². The average molecular weight is 410 g/mol. The van der Waals surface area contributed by atoms with E-state index in [1.807, 2.05) is 0 Å². The molecule has 0 unspecified atom stereocenters. The minimum absolute atomic E-state index is 0.0650. The standard InChI is InChI=1S/C19H14F4N2O2S/c20-15-17(16(21)19(23)25-18(15)22)24-14-8-4-7-13(9-14)11-28(26,27)10-12-5-2-1-3-6-12/h1-9H,10-11H2,(H,24,25). The molecule has 4 nitrogen and oxygen atoms in total. The Kier molecular flexibility index (Phi) is 5.64. The molecule has 0 aliphatic heterocycles. The highest BCUT2D eigenvalue weighted by atomic mass is 32.2. The molecule has 1 heterocycles. The maximum atomic E-state index is 13.7. The third-order valence-corrected chi connectivity index (χ3v) is 5.36. The number of aromatic nitrogens is 1. The number of rotatable bonds is 6. The van der Waals surface area contributed by atoms with Gasteiger partial charge in [0.25, 0.3) is 11.9 Å². The zero-order valence-electron chi connectivity index (χ0n) is 14.3. The van der Waals surface area contributed by atoms with Crippen LogP contribution >= 0.6 is 0 Å². The Labute approximate surface area is 158 Å². The third kappa shape index (κ3) is 4.66. The second-order valence-electron chi connectivity index (χ2n) is 6.04. The van der Waals surface area contributed by atoms with Crippen molar-refractivity contribution in [3.05, 3.63) is 89.3 Å². The fourth-order valence-electron chi connectivity index (χ4n) is 2.61. The first-order valence-corrected chi connectivity index (χ1v) is 9.87. The minimum Gasteiger partial charge on any atom is -0.350 e. The van der Waals surface area contributed by atoms with Crippen molar-refractivity contribution in [1.29, 1.82) is 0 Å². The first-order chi connectivity index (χ1) is 13.2.